The lowest BCUT2D eigenvalue weighted by molar-refractivity contribution is -0.116. The highest BCUT2D eigenvalue weighted by atomic mass is 32.2. The summed E-state index contributed by atoms with van der Waals surface area (Å²) in [6.45, 7) is 0. The Morgan fingerprint density at radius 1 is 1.25 bits per heavy atom. The summed E-state index contributed by atoms with van der Waals surface area (Å²) < 4.78 is 32.2. The molecule has 1 N–H and O–H groups in total. The van der Waals surface area contributed by atoms with Crippen LogP contribution in [-0.4, -0.2) is 40.6 Å². The molecule has 1 aromatic carbocycles. The van der Waals surface area contributed by atoms with Crippen molar-refractivity contribution in [3.05, 3.63) is 18.2 Å². The molecule has 7 heteroatoms. The van der Waals surface area contributed by atoms with Crippen LogP contribution in [0.25, 0.3) is 0 Å². The van der Waals surface area contributed by atoms with Crippen molar-refractivity contribution in [1.82, 2.24) is 0 Å². The largest absolute Gasteiger partial charge is 0.497 e. The van der Waals surface area contributed by atoms with Crippen LogP contribution < -0.4 is 14.8 Å². The average Bonchev–Trinajstić information content (AvgIpc) is 2.37. The van der Waals surface area contributed by atoms with Crippen molar-refractivity contribution in [3.63, 3.8) is 0 Å². The van der Waals surface area contributed by atoms with E-state index >= 15 is 0 Å². The fraction of sp³-hybridized carbons (Fsp3) is 0.462. The van der Waals surface area contributed by atoms with Crippen molar-refractivity contribution in [3.8, 4) is 11.5 Å². The highest BCUT2D eigenvalue weighted by Crippen LogP contribution is 2.28. The van der Waals surface area contributed by atoms with Crippen molar-refractivity contribution >= 4 is 21.4 Å². The summed E-state index contributed by atoms with van der Waals surface area (Å²) in [6.07, 6.45) is 1.57. The maximum atomic E-state index is 11.8. The highest BCUT2D eigenvalue weighted by Gasteiger charge is 2.10. The van der Waals surface area contributed by atoms with Crippen molar-refractivity contribution in [2.24, 2.45) is 0 Å². The van der Waals surface area contributed by atoms with Crippen molar-refractivity contribution in [2.45, 2.75) is 12.8 Å². The predicted octanol–water partition coefficient (Wildman–Crippen LogP) is 1.47. The molecule has 0 aromatic heterocycles. The molecule has 112 valence electrons. The highest BCUT2D eigenvalue weighted by molar-refractivity contribution is 7.90. The zero-order valence-corrected chi connectivity index (χ0v) is 12.6. The number of ether oxygens (including phenoxy) is 2. The van der Waals surface area contributed by atoms with Gasteiger partial charge in [-0.1, -0.05) is 0 Å². The summed E-state index contributed by atoms with van der Waals surface area (Å²) in [4.78, 5) is 11.8. The van der Waals surface area contributed by atoms with Crippen LogP contribution in [0.3, 0.4) is 0 Å². The molecule has 0 fully saturated rings. The summed E-state index contributed by atoms with van der Waals surface area (Å²) in [5, 5.41) is 2.68. The summed E-state index contributed by atoms with van der Waals surface area (Å²) >= 11 is 0. The summed E-state index contributed by atoms with van der Waals surface area (Å²) in [7, 11) is -0.0124. The summed E-state index contributed by atoms with van der Waals surface area (Å²) in [6, 6.07) is 5.05. The number of hydrogen-bond donors (Lipinski definition) is 1. The van der Waals surface area contributed by atoms with Crippen molar-refractivity contribution < 1.29 is 22.7 Å². The molecule has 0 spiro atoms. The zero-order chi connectivity index (χ0) is 15.2. The number of hydrogen-bond acceptors (Lipinski definition) is 5. The molecule has 0 saturated heterocycles. The second-order valence-corrected chi connectivity index (χ2v) is 6.61. The number of anilines is 1. The Hall–Kier alpha value is -1.76. The molecular formula is C13H19NO5S. The van der Waals surface area contributed by atoms with E-state index in [1.165, 1.54) is 14.2 Å². The molecule has 0 saturated carbocycles. The number of amides is 1. The lowest BCUT2D eigenvalue weighted by Gasteiger charge is -2.11. The van der Waals surface area contributed by atoms with E-state index in [1.807, 2.05) is 0 Å². The van der Waals surface area contributed by atoms with E-state index in [0.29, 0.717) is 17.2 Å². The molecule has 20 heavy (non-hydrogen) atoms. The standard InChI is InChI=1S/C13H19NO5S/c1-18-10-6-7-12(19-2)11(9-10)14-13(15)5-4-8-20(3,16)17/h6-7,9H,4-5,8H2,1-3H3,(H,14,15). The Bertz CT molecular complexity index is 568. The third-order valence-corrected chi connectivity index (χ3v) is 3.63. The molecule has 0 aliphatic carbocycles. The van der Waals surface area contributed by atoms with Gasteiger partial charge in [0.1, 0.15) is 21.3 Å². The minimum atomic E-state index is -3.04. The number of methoxy groups -OCH3 is 2. The molecule has 0 unspecified atom stereocenters. The van der Waals surface area contributed by atoms with Gasteiger partial charge in [-0.05, 0) is 18.6 Å². The predicted molar refractivity (Wildman–Crippen MR) is 77.1 cm³/mol. The van der Waals surface area contributed by atoms with Crippen LogP contribution in [0.1, 0.15) is 12.8 Å². The van der Waals surface area contributed by atoms with Crippen LogP contribution in [-0.2, 0) is 14.6 Å². The van der Waals surface area contributed by atoms with Gasteiger partial charge >= 0.3 is 0 Å². The first kappa shape index (κ1) is 16.3. The normalized spacial score (nSPS) is 10.9. The van der Waals surface area contributed by atoms with Gasteiger partial charge in [0, 0.05) is 18.7 Å². The molecule has 0 atom stereocenters. The molecule has 0 aliphatic rings. The number of carbonyl (C=O) groups is 1. The zero-order valence-electron chi connectivity index (χ0n) is 11.8. The Labute approximate surface area is 119 Å². The van der Waals surface area contributed by atoms with Gasteiger partial charge in [-0.25, -0.2) is 8.42 Å². The minimum Gasteiger partial charge on any atom is -0.497 e. The topological polar surface area (TPSA) is 81.7 Å². The quantitative estimate of drug-likeness (QED) is 0.824. The summed E-state index contributed by atoms with van der Waals surface area (Å²) in [5.41, 5.74) is 0.496. The fourth-order valence-corrected chi connectivity index (χ4v) is 2.29. The fourth-order valence-electron chi connectivity index (χ4n) is 1.62. The Kier molecular flexibility index (Phi) is 5.82. The lowest BCUT2D eigenvalue weighted by atomic mass is 10.2. The van der Waals surface area contributed by atoms with Gasteiger partial charge < -0.3 is 14.8 Å². The monoisotopic (exact) mass is 301 g/mol. The number of benzene rings is 1. The van der Waals surface area contributed by atoms with Crippen LogP contribution in [0, 0.1) is 0 Å². The Morgan fingerprint density at radius 3 is 2.50 bits per heavy atom. The van der Waals surface area contributed by atoms with Gasteiger partial charge in [-0.15, -0.1) is 0 Å². The Balaban J connectivity index is 2.65. The van der Waals surface area contributed by atoms with E-state index < -0.39 is 9.84 Å². The van der Waals surface area contributed by atoms with Gasteiger partial charge in [-0.2, -0.15) is 0 Å². The van der Waals surface area contributed by atoms with Gasteiger partial charge in [0.15, 0.2) is 0 Å². The first-order valence-electron chi connectivity index (χ1n) is 6.05. The minimum absolute atomic E-state index is 0.00430. The number of carbonyl (C=O) groups excluding carboxylic acids is 1. The smallest absolute Gasteiger partial charge is 0.224 e. The molecule has 1 amide bonds. The third kappa shape index (κ3) is 5.48. The molecule has 0 bridgehead atoms. The first-order valence-corrected chi connectivity index (χ1v) is 8.11. The lowest BCUT2D eigenvalue weighted by Crippen LogP contribution is -2.14. The van der Waals surface area contributed by atoms with Crippen LogP contribution in [0.4, 0.5) is 5.69 Å². The third-order valence-electron chi connectivity index (χ3n) is 2.60. The van der Waals surface area contributed by atoms with E-state index in [0.717, 1.165) is 6.26 Å². The molecule has 1 rings (SSSR count). The van der Waals surface area contributed by atoms with E-state index in [1.54, 1.807) is 18.2 Å². The summed E-state index contributed by atoms with van der Waals surface area (Å²) in [5.74, 6) is 0.843. The van der Waals surface area contributed by atoms with Crippen molar-refractivity contribution in [1.29, 1.82) is 0 Å². The molecular weight excluding hydrogens is 282 g/mol. The van der Waals surface area contributed by atoms with Crippen LogP contribution in [0.2, 0.25) is 0 Å². The molecule has 0 radical (unpaired) electrons. The van der Waals surface area contributed by atoms with Gasteiger partial charge in [-0.3, -0.25) is 4.79 Å². The first-order chi connectivity index (χ1) is 9.35. The average molecular weight is 301 g/mol. The van der Waals surface area contributed by atoms with E-state index in [4.69, 9.17) is 9.47 Å². The van der Waals surface area contributed by atoms with E-state index in [2.05, 4.69) is 5.32 Å². The molecule has 1 aromatic rings. The van der Waals surface area contributed by atoms with Gasteiger partial charge in [0.2, 0.25) is 5.91 Å². The molecule has 6 nitrogen and oxygen atoms in total. The van der Waals surface area contributed by atoms with E-state index in [9.17, 15) is 13.2 Å². The number of sulfone groups is 1. The number of nitrogens with one attached hydrogen (secondary N) is 1. The number of rotatable bonds is 7. The van der Waals surface area contributed by atoms with Crippen LogP contribution in [0.15, 0.2) is 18.2 Å². The molecule has 0 aliphatic heterocycles. The Morgan fingerprint density at radius 2 is 1.95 bits per heavy atom. The SMILES string of the molecule is COc1ccc(OC)c(NC(=O)CCCS(C)(=O)=O)c1. The molecule has 0 heterocycles. The van der Waals surface area contributed by atoms with Crippen molar-refractivity contribution in [2.75, 3.05) is 31.5 Å². The van der Waals surface area contributed by atoms with Crippen LogP contribution in [0.5, 0.6) is 11.5 Å². The second kappa shape index (κ2) is 7.14. The maximum Gasteiger partial charge on any atom is 0.224 e. The van der Waals surface area contributed by atoms with Gasteiger partial charge in [0.05, 0.1) is 25.7 Å². The van der Waals surface area contributed by atoms with Crippen LogP contribution >= 0.6 is 0 Å². The maximum absolute atomic E-state index is 11.8. The van der Waals surface area contributed by atoms with E-state index in [-0.39, 0.29) is 24.5 Å². The van der Waals surface area contributed by atoms with Gasteiger partial charge in [0.25, 0.3) is 0 Å². The second-order valence-electron chi connectivity index (χ2n) is 4.35.